The smallest absolute Gasteiger partial charge is 0.257 e. The first kappa shape index (κ1) is 16.7. The first-order valence-corrected chi connectivity index (χ1v) is 7.32. The van der Waals surface area contributed by atoms with Gasteiger partial charge in [0.25, 0.3) is 5.91 Å². The molecule has 0 saturated carbocycles. The van der Waals surface area contributed by atoms with Crippen LogP contribution >= 0.6 is 0 Å². The number of hydrogen-bond acceptors (Lipinski definition) is 7. The lowest BCUT2D eigenvalue weighted by Crippen LogP contribution is -2.50. The monoisotopic (exact) mass is 312 g/mol. The molecule has 9 heteroatoms. The Labute approximate surface area is 129 Å². The van der Waals surface area contributed by atoms with E-state index in [2.05, 4.69) is 20.9 Å². The van der Waals surface area contributed by atoms with Crippen LogP contribution in [0.25, 0.3) is 0 Å². The molecule has 0 radical (unpaired) electrons. The second-order valence-corrected chi connectivity index (χ2v) is 4.85. The van der Waals surface area contributed by atoms with Crippen molar-refractivity contribution in [3.8, 4) is 0 Å². The summed E-state index contributed by atoms with van der Waals surface area (Å²) in [6.45, 7) is 4.01. The summed E-state index contributed by atoms with van der Waals surface area (Å²) < 4.78 is 10.6. The zero-order chi connectivity index (χ0) is 15.8. The minimum absolute atomic E-state index is 0.174. The maximum absolute atomic E-state index is 11.9. The van der Waals surface area contributed by atoms with Crippen LogP contribution in [0.5, 0.6) is 0 Å². The summed E-state index contributed by atoms with van der Waals surface area (Å²) in [5.74, 6) is 0.481. The lowest BCUT2D eigenvalue weighted by Gasteiger charge is -2.22. The number of nitrogens with two attached hydrogens (primary N) is 2. The lowest BCUT2D eigenvalue weighted by atomic mass is 10.1. The Bertz CT molecular complexity index is 478. The number of amides is 1. The Morgan fingerprint density at radius 3 is 2.73 bits per heavy atom. The molecule has 1 unspecified atom stereocenters. The van der Waals surface area contributed by atoms with E-state index in [0.29, 0.717) is 57.4 Å². The molecule has 1 amide bonds. The Morgan fingerprint density at radius 2 is 1.95 bits per heavy atom. The number of hydrogen-bond donors (Lipinski definition) is 6. The van der Waals surface area contributed by atoms with Crippen LogP contribution in [0.2, 0.25) is 0 Å². The van der Waals surface area contributed by atoms with E-state index in [1.807, 2.05) is 0 Å². The normalized spacial score (nSPS) is 17.0. The van der Waals surface area contributed by atoms with Crippen LogP contribution < -0.4 is 27.4 Å². The van der Waals surface area contributed by atoms with E-state index in [-0.39, 0.29) is 5.91 Å². The highest BCUT2D eigenvalue weighted by Crippen LogP contribution is 2.21. The number of carbonyl (C=O) groups is 1. The summed E-state index contributed by atoms with van der Waals surface area (Å²) in [6.07, 6.45) is 1.23. The minimum atomic E-state index is -0.561. The third-order valence-corrected chi connectivity index (χ3v) is 3.15. The molecule has 1 atom stereocenters. The van der Waals surface area contributed by atoms with Crippen LogP contribution in [0.3, 0.4) is 0 Å². The number of rotatable bonds is 10. The fourth-order valence-corrected chi connectivity index (χ4v) is 2.15. The Morgan fingerprint density at radius 1 is 1.18 bits per heavy atom. The number of aromatic amines is 1. The number of fused-ring (bicyclic) bond motifs is 1. The summed E-state index contributed by atoms with van der Waals surface area (Å²) in [5.41, 5.74) is 12.4. The van der Waals surface area contributed by atoms with Crippen LogP contribution in [0.1, 0.15) is 15.9 Å². The molecule has 8 N–H and O–H groups in total. The van der Waals surface area contributed by atoms with Crippen molar-refractivity contribution >= 4 is 11.7 Å². The van der Waals surface area contributed by atoms with Gasteiger partial charge in [-0.15, -0.1) is 0 Å². The second kappa shape index (κ2) is 8.71. The molecular weight excluding hydrogens is 288 g/mol. The standard InChI is InChI=1S/C13H24N6O3/c14-1-3-21-5-6-22-4-2-16-7-9-8-17-11-10(9)12(20)19-13(15)18-11/h8,13,16-18H,1-7,14-15H2,(H,19,20). The predicted octanol–water partition coefficient (Wildman–Crippen LogP) is -1.51. The van der Waals surface area contributed by atoms with Crippen molar-refractivity contribution in [1.29, 1.82) is 0 Å². The molecule has 0 aliphatic carbocycles. The molecule has 2 heterocycles. The molecular formula is C13H24N6O3. The SMILES string of the molecule is NCCOCCOCCNCc1c[nH]c2c1C(=O)NC(N)N2. The van der Waals surface area contributed by atoms with Crippen molar-refractivity contribution < 1.29 is 14.3 Å². The summed E-state index contributed by atoms with van der Waals surface area (Å²) >= 11 is 0. The summed E-state index contributed by atoms with van der Waals surface area (Å²) in [7, 11) is 0. The van der Waals surface area contributed by atoms with Crippen molar-refractivity contribution in [3.05, 3.63) is 17.3 Å². The summed E-state index contributed by atoms with van der Waals surface area (Å²) in [4.78, 5) is 14.9. The Hall–Kier alpha value is -1.65. The molecule has 0 spiro atoms. The largest absolute Gasteiger partial charge is 0.378 e. The molecule has 1 aromatic rings. The average molecular weight is 312 g/mol. The van der Waals surface area contributed by atoms with Crippen LogP contribution in [-0.2, 0) is 16.0 Å². The summed E-state index contributed by atoms with van der Waals surface area (Å²) in [6, 6.07) is 0. The average Bonchev–Trinajstić information content (AvgIpc) is 2.88. The highest BCUT2D eigenvalue weighted by Gasteiger charge is 2.25. The van der Waals surface area contributed by atoms with Crippen LogP contribution in [0.15, 0.2) is 6.20 Å². The van der Waals surface area contributed by atoms with Gasteiger partial charge >= 0.3 is 0 Å². The molecule has 0 fully saturated rings. The number of nitrogens with one attached hydrogen (secondary N) is 4. The highest BCUT2D eigenvalue weighted by molar-refractivity contribution is 6.02. The molecule has 124 valence electrons. The number of carbonyl (C=O) groups excluding carboxylic acids is 1. The van der Waals surface area contributed by atoms with Gasteiger partial charge in [0, 0.05) is 25.8 Å². The van der Waals surface area contributed by atoms with Crippen molar-refractivity contribution in [2.75, 3.05) is 44.8 Å². The van der Waals surface area contributed by atoms with Gasteiger partial charge in [-0.2, -0.15) is 0 Å². The van der Waals surface area contributed by atoms with Crippen molar-refractivity contribution in [2.24, 2.45) is 11.5 Å². The van der Waals surface area contributed by atoms with Gasteiger partial charge in [0.05, 0.1) is 32.0 Å². The molecule has 22 heavy (non-hydrogen) atoms. The van der Waals surface area contributed by atoms with Gasteiger partial charge < -0.3 is 36.1 Å². The van der Waals surface area contributed by atoms with Crippen LogP contribution in [0, 0.1) is 0 Å². The molecule has 0 saturated heterocycles. The molecule has 1 aromatic heterocycles. The van der Waals surface area contributed by atoms with E-state index in [0.717, 1.165) is 5.56 Å². The van der Waals surface area contributed by atoms with E-state index >= 15 is 0 Å². The van der Waals surface area contributed by atoms with E-state index in [1.165, 1.54) is 0 Å². The summed E-state index contributed by atoms with van der Waals surface area (Å²) in [5, 5.41) is 8.82. The van der Waals surface area contributed by atoms with Gasteiger partial charge in [0.15, 0.2) is 6.29 Å². The predicted molar refractivity (Wildman–Crippen MR) is 82.3 cm³/mol. The fraction of sp³-hybridized carbons (Fsp3) is 0.615. The third kappa shape index (κ3) is 4.68. The highest BCUT2D eigenvalue weighted by atomic mass is 16.5. The molecule has 1 aliphatic heterocycles. The van der Waals surface area contributed by atoms with E-state index in [1.54, 1.807) is 6.20 Å². The number of H-pyrrole nitrogens is 1. The van der Waals surface area contributed by atoms with Gasteiger partial charge in [-0.1, -0.05) is 0 Å². The Kier molecular flexibility index (Phi) is 6.62. The zero-order valence-electron chi connectivity index (χ0n) is 12.5. The van der Waals surface area contributed by atoms with E-state index in [4.69, 9.17) is 20.9 Å². The van der Waals surface area contributed by atoms with Crippen molar-refractivity contribution in [2.45, 2.75) is 12.8 Å². The fourth-order valence-electron chi connectivity index (χ4n) is 2.15. The lowest BCUT2D eigenvalue weighted by molar-refractivity contribution is 0.0518. The Balaban J connectivity index is 1.63. The first-order valence-electron chi connectivity index (χ1n) is 7.32. The first-order chi connectivity index (χ1) is 10.7. The number of ether oxygens (including phenoxy) is 2. The molecule has 2 rings (SSSR count). The molecule has 0 aromatic carbocycles. The van der Waals surface area contributed by atoms with Crippen molar-refractivity contribution in [3.63, 3.8) is 0 Å². The quantitative estimate of drug-likeness (QED) is 0.289. The number of aromatic nitrogens is 1. The molecule has 1 aliphatic rings. The molecule has 0 bridgehead atoms. The van der Waals surface area contributed by atoms with Gasteiger partial charge in [0.1, 0.15) is 5.82 Å². The number of anilines is 1. The van der Waals surface area contributed by atoms with Gasteiger partial charge in [-0.3, -0.25) is 10.5 Å². The van der Waals surface area contributed by atoms with E-state index < -0.39 is 6.29 Å². The van der Waals surface area contributed by atoms with Gasteiger partial charge in [-0.05, 0) is 5.56 Å². The van der Waals surface area contributed by atoms with Crippen LogP contribution in [-0.4, -0.2) is 56.7 Å². The van der Waals surface area contributed by atoms with Gasteiger partial charge in [0.2, 0.25) is 0 Å². The maximum atomic E-state index is 11.9. The third-order valence-electron chi connectivity index (χ3n) is 3.15. The van der Waals surface area contributed by atoms with E-state index in [9.17, 15) is 4.79 Å². The van der Waals surface area contributed by atoms with Crippen molar-refractivity contribution in [1.82, 2.24) is 15.6 Å². The van der Waals surface area contributed by atoms with Crippen LogP contribution in [0.4, 0.5) is 5.82 Å². The zero-order valence-corrected chi connectivity index (χ0v) is 12.5. The minimum Gasteiger partial charge on any atom is -0.378 e. The van der Waals surface area contributed by atoms with Gasteiger partial charge in [-0.25, -0.2) is 0 Å². The second-order valence-electron chi connectivity index (χ2n) is 4.85. The molecule has 9 nitrogen and oxygen atoms in total. The maximum Gasteiger partial charge on any atom is 0.257 e. The topological polar surface area (TPSA) is 139 Å².